The van der Waals surface area contributed by atoms with Crippen molar-refractivity contribution in [3.63, 3.8) is 0 Å². The fourth-order valence-corrected chi connectivity index (χ4v) is 2.30. The van der Waals surface area contributed by atoms with Crippen LogP contribution in [-0.2, 0) is 6.54 Å². The lowest BCUT2D eigenvalue weighted by atomic mass is 10.1. The van der Waals surface area contributed by atoms with E-state index in [1.54, 1.807) is 0 Å². The van der Waals surface area contributed by atoms with E-state index in [1.165, 1.54) is 44.2 Å². The maximum atomic E-state index is 2.34. The molecule has 1 aromatic carbocycles. The molecular weight excluding hydrogens is 333 g/mol. The summed E-state index contributed by atoms with van der Waals surface area (Å²) in [7, 11) is 4.68. The van der Waals surface area contributed by atoms with Crippen LogP contribution in [0.25, 0.3) is 0 Å². The number of benzene rings is 1. The van der Waals surface area contributed by atoms with Gasteiger partial charge in [0.25, 0.3) is 0 Å². The van der Waals surface area contributed by atoms with E-state index in [0.717, 1.165) is 11.0 Å². The highest BCUT2D eigenvalue weighted by Crippen LogP contribution is 2.12. The van der Waals surface area contributed by atoms with Gasteiger partial charge in [0.15, 0.2) is 0 Å². The molecule has 0 N–H and O–H groups in total. The standard InChI is InChI=1S/C16H28N.HI/c1-4-5-6-7-11-14-17(2,3)15-16-12-9-8-10-13-16;/h8-10,12-13H,4-7,11,14-15H2,1-3H3;1H/q+1;/p-1. The summed E-state index contributed by atoms with van der Waals surface area (Å²) in [6.07, 6.45) is 6.89. The Bertz CT molecular complexity index is 295. The van der Waals surface area contributed by atoms with Gasteiger partial charge in [-0.3, -0.25) is 0 Å². The summed E-state index contributed by atoms with van der Waals surface area (Å²) >= 11 is 0. The fraction of sp³-hybridized carbons (Fsp3) is 0.625. The van der Waals surface area contributed by atoms with Crippen molar-refractivity contribution in [3.8, 4) is 0 Å². The Balaban J connectivity index is 0.00000289. The number of nitrogens with zero attached hydrogens (tertiary/aromatic N) is 1. The van der Waals surface area contributed by atoms with E-state index in [1.807, 2.05) is 0 Å². The summed E-state index contributed by atoms with van der Waals surface area (Å²) in [4.78, 5) is 0. The lowest BCUT2D eigenvalue weighted by molar-refractivity contribution is -0.903. The molecule has 2 heteroatoms. The molecule has 0 saturated carbocycles. The van der Waals surface area contributed by atoms with Gasteiger partial charge in [0.1, 0.15) is 6.54 Å². The number of halogens is 1. The molecule has 0 atom stereocenters. The minimum atomic E-state index is 0. The third-order valence-electron chi connectivity index (χ3n) is 3.32. The van der Waals surface area contributed by atoms with Crippen molar-refractivity contribution < 1.29 is 28.5 Å². The number of rotatable bonds is 8. The van der Waals surface area contributed by atoms with Gasteiger partial charge in [-0.1, -0.05) is 56.5 Å². The summed E-state index contributed by atoms with van der Waals surface area (Å²) in [5, 5.41) is 0. The number of unbranched alkanes of at least 4 members (excludes halogenated alkanes) is 4. The average Bonchev–Trinajstić information content (AvgIpc) is 2.29. The molecule has 0 fully saturated rings. The molecule has 18 heavy (non-hydrogen) atoms. The summed E-state index contributed by atoms with van der Waals surface area (Å²) in [6.45, 7) is 4.71. The van der Waals surface area contributed by atoms with Gasteiger partial charge in [-0.05, 0) is 12.8 Å². The summed E-state index contributed by atoms with van der Waals surface area (Å²) < 4.78 is 1.11. The van der Waals surface area contributed by atoms with Gasteiger partial charge in [0.2, 0.25) is 0 Å². The van der Waals surface area contributed by atoms with E-state index in [4.69, 9.17) is 0 Å². The Morgan fingerprint density at radius 2 is 1.50 bits per heavy atom. The second-order valence-corrected chi connectivity index (χ2v) is 5.72. The van der Waals surface area contributed by atoms with Gasteiger partial charge in [0.05, 0.1) is 20.6 Å². The van der Waals surface area contributed by atoms with E-state index in [9.17, 15) is 0 Å². The number of quaternary nitrogens is 1. The topological polar surface area (TPSA) is 0 Å². The number of hydrogen-bond acceptors (Lipinski definition) is 0. The predicted octanol–water partition coefficient (Wildman–Crippen LogP) is 1.24. The molecule has 1 rings (SSSR count). The predicted molar refractivity (Wildman–Crippen MR) is 75.9 cm³/mol. The van der Waals surface area contributed by atoms with E-state index in [0.29, 0.717) is 0 Å². The van der Waals surface area contributed by atoms with Gasteiger partial charge in [-0.2, -0.15) is 0 Å². The highest BCUT2D eigenvalue weighted by atomic mass is 127. The van der Waals surface area contributed by atoms with Crippen LogP contribution in [0.15, 0.2) is 30.3 Å². The minimum absolute atomic E-state index is 0. The molecule has 0 aromatic heterocycles. The monoisotopic (exact) mass is 361 g/mol. The Morgan fingerprint density at radius 1 is 0.889 bits per heavy atom. The Morgan fingerprint density at radius 3 is 2.11 bits per heavy atom. The fourth-order valence-electron chi connectivity index (χ4n) is 2.30. The van der Waals surface area contributed by atoms with Crippen LogP contribution < -0.4 is 24.0 Å². The van der Waals surface area contributed by atoms with Crippen molar-refractivity contribution in [3.05, 3.63) is 35.9 Å². The molecule has 0 saturated heterocycles. The first-order valence-electron chi connectivity index (χ1n) is 7.00. The van der Waals surface area contributed by atoms with Crippen molar-refractivity contribution in [2.45, 2.75) is 45.6 Å². The van der Waals surface area contributed by atoms with Crippen LogP contribution in [0.2, 0.25) is 0 Å². The average molecular weight is 361 g/mol. The maximum absolute atomic E-state index is 2.34. The zero-order chi connectivity index (χ0) is 12.6. The molecule has 0 unspecified atom stereocenters. The first-order chi connectivity index (χ1) is 8.14. The van der Waals surface area contributed by atoms with Crippen LogP contribution in [0.4, 0.5) is 0 Å². The second kappa shape index (κ2) is 9.79. The molecule has 0 aliphatic rings. The lowest BCUT2D eigenvalue weighted by Gasteiger charge is -2.30. The van der Waals surface area contributed by atoms with Crippen molar-refractivity contribution in [1.29, 1.82) is 0 Å². The second-order valence-electron chi connectivity index (χ2n) is 5.72. The maximum Gasteiger partial charge on any atom is 0.104 e. The van der Waals surface area contributed by atoms with Gasteiger partial charge in [-0.25, -0.2) is 0 Å². The van der Waals surface area contributed by atoms with Gasteiger partial charge in [-0.15, -0.1) is 0 Å². The van der Waals surface area contributed by atoms with Crippen molar-refractivity contribution >= 4 is 0 Å². The molecule has 104 valence electrons. The largest absolute Gasteiger partial charge is 1.00 e. The Kier molecular flexibility index (Phi) is 9.74. The van der Waals surface area contributed by atoms with Crippen molar-refractivity contribution in [2.75, 3.05) is 20.6 Å². The molecule has 0 aliphatic heterocycles. The summed E-state index contributed by atoms with van der Waals surface area (Å²) in [5.41, 5.74) is 1.45. The van der Waals surface area contributed by atoms with Crippen molar-refractivity contribution in [2.24, 2.45) is 0 Å². The molecule has 1 aromatic rings. The summed E-state index contributed by atoms with van der Waals surface area (Å²) in [5.74, 6) is 0. The van der Waals surface area contributed by atoms with Crippen LogP contribution in [0.1, 0.15) is 44.6 Å². The quantitative estimate of drug-likeness (QED) is 0.371. The zero-order valence-corrected chi connectivity index (χ0v) is 14.3. The van der Waals surface area contributed by atoms with E-state index < -0.39 is 0 Å². The third-order valence-corrected chi connectivity index (χ3v) is 3.32. The van der Waals surface area contributed by atoms with E-state index >= 15 is 0 Å². The first-order valence-corrected chi connectivity index (χ1v) is 7.00. The minimum Gasteiger partial charge on any atom is -1.00 e. The highest BCUT2D eigenvalue weighted by molar-refractivity contribution is 5.13. The molecule has 1 nitrogen and oxygen atoms in total. The molecular formula is C16H28IN. The van der Waals surface area contributed by atoms with Gasteiger partial charge >= 0.3 is 0 Å². The molecule has 0 aliphatic carbocycles. The highest BCUT2D eigenvalue weighted by Gasteiger charge is 2.14. The lowest BCUT2D eigenvalue weighted by Crippen LogP contribution is -3.00. The molecule has 0 radical (unpaired) electrons. The Hall–Kier alpha value is -0.0900. The van der Waals surface area contributed by atoms with Gasteiger partial charge in [0, 0.05) is 5.56 Å². The molecule has 0 spiro atoms. The van der Waals surface area contributed by atoms with E-state index in [-0.39, 0.29) is 24.0 Å². The van der Waals surface area contributed by atoms with Crippen LogP contribution in [-0.4, -0.2) is 25.1 Å². The van der Waals surface area contributed by atoms with Crippen LogP contribution in [0.3, 0.4) is 0 Å². The van der Waals surface area contributed by atoms with Crippen LogP contribution in [0, 0.1) is 0 Å². The summed E-state index contributed by atoms with van der Waals surface area (Å²) in [6, 6.07) is 10.8. The van der Waals surface area contributed by atoms with Crippen LogP contribution in [0.5, 0.6) is 0 Å². The normalized spacial score (nSPS) is 11.1. The number of hydrogen-bond donors (Lipinski definition) is 0. The first kappa shape index (κ1) is 17.9. The smallest absolute Gasteiger partial charge is 0.104 e. The zero-order valence-electron chi connectivity index (χ0n) is 12.2. The SMILES string of the molecule is CCCCCCC[N+](C)(C)Cc1ccccc1.[I-]. The molecule has 0 bridgehead atoms. The van der Waals surface area contributed by atoms with Gasteiger partial charge < -0.3 is 28.5 Å². The van der Waals surface area contributed by atoms with Crippen LogP contribution >= 0.6 is 0 Å². The molecule has 0 heterocycles. The van der Waals surface area contributed by atoms with E-state index in [2.05, 4.69) is 51.4 Å². The third kappa shape index (κ3) is 8.09. The van der Waals surface area contributed by atoms with Crippen molar-refractivity contribution in [1.82, 2.24) is 0 Å². The Labute approximate surface area is 130 Å². The molecule has 0 amide bonds.